The molecular formula is C14H25N3. The van der Waals surface area contributed by atoms with Gasteiger partial charge in [0.1, 0.15) is 0 Å². The van der Waals surface area contributed by atoms with E-state index < -0.39 is 0 Å². The molecule has 0 radical (unpaired) electrons. The Kier molecular flexibility index (Phi) is 4.46. The number of aryl methyl sites for hydroxylation is 1. The van der Waals surface area contributed by atoms with Crippen molar-refractivity contribution in [1.29, 1.82) is 0 Å². The quantitative estimate of drug-likeness (QED) is 0.844. The standard InChI is InChI=1S/C14H25N3/c1-12(2)8-10-17-11-9-15-14(17)16-13-6-4-3-5-7-13/h9,11-13H,3-8,10H2,1-2H3,(H,15,16). The number of aromatic nitrogens is 2. The first kappa shape index (κ1) is 12.5. The molecule has 1 aromatic heterocycles. The van der Waals surface area contributed by atoms with Crippen molar-refractivity contribution in [3.63, 3.8) is 0 Å². The third-order valence-electron chi connectivity index (χ3n) is 3.60. The monoisotopic (exact) mass is 235 g/mol. The van der Waals surface area contributed by atoms with Gasteiger partial charge in [-0.1, -0.05) is 33.1 Å². The molecule has 1 fully saturated rings. The largest absolute Gasteiger partial charge is 0.353 e. The molecule has 2 rings (SSSR count). The summed E-state index contributed by atoms with van der Waals surface area (Å²) in [6.07, 6.45) is 12.0. The van der Waals surface area contributed by atoms with Gasteiger partial charge in [-0.2, -0.15) is 0 Å². The molecule has 96 valence electrons. The smallest absolute Gasteiger partial charge is 0.202 e. The summed E-state index contributed by atoms with van der Waals surface area (Å²) >= 11 is 0. The molecule has 0 unspecified atom stereocenters. The van der Waals surface area contributed by atoms with Crippen LogP contribution >= 0.6 is 0 Å². The summed E-state index contributed by atoms with van der Waals surface area (Å²) in [5.41, 5.74) is 0. The molecule has 1 N–H and O–H groups in total. The van der Waals surface area contributed by atoms with Gasteiger partial charge in [-0.3, -0.25) is 0 Å². The van der Waals surface area contributed by atoms with Gasteiger partial charge in [-0.05, 0) is 25.2 Å². The Balaban J connectivity index is 1.88. The molecular weight excluding hydrogens is 210 g/mol. The van der Waals surface area contributed by atoms with E-state index in [9.17, 15) is 0 Å². The van der Waals surface area contributed by atoms with Crippen LogP contribution < -0.4 is 5.32 Å². The molecule has 3 nitrogen and oxygen atoms in total. The van der Waals surface area contributed by atoms with E-state index in [1.165, 1.54) is 38.5 Å². The first-order valence-electron chi connectivity index (χ1n) is 7.03. The first-order chi connectivity index (χ1) is 8.25. The van der Waals surface area contributed by atoms with Crippen LogP contribution in [0.2, 0.25) is 0 Å². The number of rotatable bonds is 5. The zero-order chi connectivity index (χ0) is 12.1. The minimum atomic E-state index is 0.643. The Morgan fingerprint density at radius 3 is 2.82 bits per heavy atom. The SMILES string of the molecule is CC(C)CCn1ccnc1NC1CCCCC1. The molecule has 0 aromatic carbocycles. The Morgan fingerprint density at radius 2 is 2.12 bits per heavy atom. The summed E-state index contributed by atoms with van der Waals surface area (Å²) in [5, 5.41) is 3.61. The maximum atomic E-state index is 4.44. The first-order valence-corrected chi connectivity index (χ1v) is 7.03. The van der Waals surface area contributed by atoms with E-state index in [4.69, 9.17) is 0 Å². The lowest BCUT2D eigenvalue weighted by Gasteiger charge is -2.23. The van der Waals surface area contributed by atoms with Crippen molar-refractivity contribution in [3.8, 4) is 0 Å². The second-order valence-electron chi connectivity index (χ2n) is 5.61. The normalized spacial score (nSPS) is 17.6. The number of hydrogen-bond donors (Lipinski definition) is 1. The van der Waals surface area contributed by atoms with Crippen molar-refractivity contribution in [2.45, 2.75) is 65.0 Å². The molecule has 0 bridgehead atoms. The van der Waals surface area contributed by atoms with Crippen LogP contribution in [0.25, 0.3) is 0 Å². The Labute approximate surface area is 105 Å². The van der Waals surface area contributed by atoms with E-state index in [0.29, 0.717) is 6.04 Å². The van der Waals surface area contributed by atoms with Gasteiger partial charge < -0.3 is 9.88 Å². The summed E-state index contributed by atoms with van der Waals surface area (Å²) in [6.45, 7) is 5.61. The predicted molar refractivity (Wildman–Crippen MR) is 72.2 cm³/mol. The molecule has 1 aliphatic rings. The highest BCUT2D eigenvalue weighted by Crippen LogP contribution is 2.21. The summed E-state index contributed by atoms with van der Waals surface area (Å²) in [5.74, 6) is 1.82. The highest BCUT2D eigenvalue weighted by atomic mass is 15.2. The molecule has 1 aliphatic carbocycles. The molecule has 1 aromatic rings. The lowest BCUT2D eigenvalue weighted by Crippen LogP contribution is -2.24. The van der Waals surface area contributed by atoms with E-state index in [1.54, 1.807) is 0 Å². The van der Waals surface area contributed by atoms with Crippen LogP contribution in [0, 0.1) is 5.92 Å². The second kappa shape index (κ2) is 6.08. The minimum absolute atomic E-state index is 0.643. The van der Waals surface area contributed by atoms with Gasteiger partial charge in [-0.25, -0.2) is 4.98 Å². The molecule has 0 saturated heterocycles. The van der Waals surface area contributed by atoms with Crippen molar-refractivity contribution in [2.24, 2.45) is 5.92 Å². The van der Waals surface area contributed by atoms with Crippen LogP contribution in [0.4, 0.5) is 5.95 Å². The Morgan fingerprint density at radius 1 is 1.35 bits per heavy atom. The second-order valence-corrected chi connectivity index (χ2v) is 5.61. The molecule has 3 heteroatoms. The lowest BCUT2D eigenvalue weighted by molar-refractivity contribution is 0.456. The number of imidazole rings is 1. The average Bonchev–Trinajstić information content (AvgIpc) is 2.75. The highest BCUT2D eigenvalue weighted by Gasteiger charge is 2.15. The maximum Gasteiger partial charge on any atom is 0.202 e. The molecule has 0 atom stereocenters. The third kappa shape index (κ3) is 3.76. The summed E-state index contributed by atoms with van der Waals surface area (Å²) < 4.78 is 2.26. The van der Waals surface area contributed by atoms with Crippen LogP contribution in [-0.4, -0.2) is 15.6 Å². The lowest BCUT2D eigenvalue weighted by atomic mass is 9.96. The molecule has 0 aliphatic heterocycles. The minimum Gasteiger partial charge on any atom is -0.353 e. The average molecular weight is 235 g/mol. The zero-order valence-corrected chi connectivity index (χ0v) is 11.2. The van der Waals surface area contributed by atoms with Crippen molar-refractivity contribution >= 4 is 5.95 Å². The van der Waals surface area contributed by atoms with Gasteiger partial charge in [0.15, 0.2) is 0 Å². The van der Waals surface area contributed by atoms with Crippen molar-refractivity contribution < 1.29 is 0 Å². The van der Waals surface area contributed by atoms with Gasteiger partial charge in [-0.15, -0.1) is 0 Å². The summed E-state index contributed by atoms with van der Waals surface area (Å²) in [4.78, 5) is 4.44. The van der Waals surface area contributed by atoms with E-state index >= 15 is 0 Å². The van der Waals surface area contributed by atoms with Gasteiger partial charge >= 0.3 is 0 Å². The summed E-state index contributed by atoms with van der Waals surface area (Å²) in [7, 11) is 0. The van der Waals surface area contributed by atoms with E-state index in [0.717, 1.165) is 18.4 Å². The molecule has 1 saturated carbocycles. The number of nitrogens with zero attached hydrogens (tertiary/aromatic N) is 2. The van der Waals surface area contributed by atoms with Crippen LogP contribution in [0.1, 0.15) is 52.4 Å². The highest BCUT2D eigenvalue weighted by molar-refractivity contribution is 5.27. The van der Waals surface area contributed by atoms with Gasteiger partial charge in [0.2, 0.25) is 5.95 Å². The third-order valence-corrected chi connectivity index (χ3v) is 3.60. The molecule has 1 heterocycles. The summed E-state index contributed by atoms with van der Waals surface area (Å²) in [6, 6.07) is 0.643. The number of nitrogens with one attached hydrogen (secondary N) is 1. The van der Waals surface area contributed by atoms with Crippen molar-refractivity contribution in [1.82, 2.24) is 9.55 Å². The Hall–Kier alpha value is -0.990. The van der Waals surface area contributed by atoms with Crippen LogP contribution in [-0.2, 0) is 6.54 Å². The van der Waals surface area contributed by atoms with Crippen molar-refractivity contribution in [3.05, 3.63) is 12.4 Å². The van der Waals surface area contributed by atoms with E-state index in [2.05, 4.69) is 34.9 Å². The van der Waals surface area contributed by atoms with Gasteiger partial charge in [0.05, 0.1) is 0 Å². The molecule has 0 amide bonds. The van der Waals surface area contributed by atoms with E-state index in [-0.39, 0.29) is 0 Å². The fourth-order valence-electron chi connectivity index (χ4n) is 2.46. The van der Waals surface area contributed by atoms with Gasteiger partial charge in [0, 0.05) is 25.0 Å². The van der Waals surface area contributed by atoms with Gasteiger partial charge in [0.25, 0.3) is 0 Å². The number of anilines is 1. The fraction of sp³-hybridized carbons (Fsp3) is 0.786. The Bertz CT molecular complexity index is 324. The van der Waals surface area contributed by atoms with Crippen molar-refractivity contribution in [2.75, 3.05) is 5.32 Å². The molecule has 17 heavy (non-hydrogen) atoms. The van der Waals surface area contributed by atoms with E-state index in [1.807, 2.05) is 6.20 Å². The predicted octanol–water partition coefficient (Wildman–Crippen LogP) is 3.67. The van der Waals surface area contributed by atoms with Crippen LogP contribution in [0.3, 0.4) is 0 Å². The van der Waals surface area contributed by atoms with Crippen LogP contribution in [0.15, 0.2) is 12.4 Å². The molecule has 0 spiro atoms. The number of hydrogen-bond acceptors (Lipinski definition) is 2. The topological polar surface area (TPSA) is 29.9 Å². The van der Waals surface area contributed by atoms with Crippen LogP contribution in [0.5, 0.6) is 0 Å². The fourth-order valence-corrected chi connectivity index (χ4v) is 2.46. The zero-order valence-electron chi connectivity index (χ0n) is 11.2. The maximum absolute atomic E-state index is 4.44.